The van der Waals surface area contributed by atoms with E-state index in [0.717, 1.165) is 10.4 Å². The minimum absolute atomic E-state index is 0.184. The zero-order chi connectivity index (χ0) is 14.8. The van der Waals surface area contributed by atoms with Gasteiger partial charge in [0, 0.05) is 18.7 Å². The van der Waals surface area contributed by atoms with Crippen LogP contribution in [0.1, 0.15) is 13.8 Å². The fourth-order valence-electron chi connectivity index (χ4n) is 1.62. The molecule has 108 valence electrons. The van der Waals surface area contributed by atoms with Crippen LogP contribution < -0.4 is 5.73 Å². The Kier molecular flexibility index (Phi) is 4.83. The average molecular weight is 294 g/mol. The second-order valence-corrected chi connectivity index (χ2v) is 6.10. The molecule has 3 N–H and O–H groups in total. The van der Waals surface area contributed by atoms with Gasteiger partial charge in [0.15, 0.2) is 0 Å². The van der Waals surface area contributed by atoms with E-state index in [0.29, 0.717) is 6.07 Å². The topological polar surface area (TPSA) is 83.6 Å². The van der Waals surface area contributed by atoms with Gasteiger partial charge in [0.2, 0.25) is 10.0 Å². The third-order valence-corrected chi connectivity index (χ3v) is 4.62. The molecule has 0 aliphatic rings. The molecule has 0 saturated heterocycles. The summed E-state index contributed by atoms with van der Waals surface area (Å²) < 4.78 is 52.1. The van der Waals surface area contributed by atoms with Crippen LogP contribution in [0.15, 0.2) is 17.0 Å². The van der Waals surface area contributed by atoms with E-state index in [4.69, 9.17) is 10.8 Å². The van der Waals surface area contributed by atoms with Crippen molar-refractivity contribution in [3.05, 3.63) is 23.8 Å². The molecule has 0 heterocycles. The zero-order valence-electron chi connectivity index (χ0n) is 10.6. The number of hydrogen-bond donors (Lipinski definition) is 2. The lowest BCUT2D eigenvalue weighted by molar-refractivity contribution is 0.236. The Bertz CT molecular complexity index is 561. The predicted octanol–water partition coefficient (Wildman–Crippen LogP) is 0.938. The van der Waals surface area contributed by atoms with Crippen LogP contribution in [-0.4, -0.2) is 37.0 Å². The molecule has 1 aromatic carbocycles. The van der Waals surface area contributed by atoms with Crippen molar-refractivity contribution in [2.24, 2.45) is 0 Å². The number of benzene rings is 1. The summed E-state index contributed by atoms with van der Waals surface area (Å²) in [5, 5.41) is 8.88. The Hall–Kier alpha value is -1.25. The van der Waals surface area contributed by atoms with Crippen molar-refractivity contribution in [2.45, 2.75) is 24.8 Å². The Morgan fingerprint density at radius 3 is 2.37 bits per heavy atom. The lowest BCUT2D eigenvalue weighted by atomic mass is 10.3. The van der Waals surface area contributed by atoms with Gasteiger partial charge in [0.05, 0.1) is 12.3 Å². The van der Waals surface area contributed by atoms with Crippen LogP contribution in [0.25, 0.3) is 0 Å². The van der Waals surface area contributed by atoms with Gasteiger partial charge < -0.3 is 10.8 Å². The van der Waals surface area contributed by atoms with Gasteiger partial charge in [-0.25, -0.2) is 17.2 Å². The SMILES string of the molecule is CC(C)N(CCO)S(=O)(=O)c1cc(N)c(F)cc1F. The second kappa shape index (κ2) is 5.81. The lowest BCUT2D eigenvalue weighted by Gasteiger charge is -2.25. The molecule has 8 heteroatoms. The number of rotatable bonds is 5. The Balaban J connectivity index is 3.37. The first kappa shape index (κ1) is 15.8. The minimum Gasteiger partial charge on any atom is -0.396 e. The number of aliphatic hydroxyl groups excluding tert-OH is 1. The maximum atomic E-state index is 13.6. The summed E-state index contributed by atoms with van der Waals surface area (Å²) in [5.41, 5.74) is 4.81. The van der Waals surface area contributed by atoms with Gasteiger partial charge in [-0.1, -0.05) is 0 Å². The van der Waals surface area contributed by atoms with E-state index in [9.17, 15) is 17.2 Å². The first-order valence-corrected chi connectivity index (χ1v) is 7.03. The van der Waals surface area contributed by atoms with Crippen molar-refractivity contribution < 1.29 is 22.3 Å². The summed E-state index contributed by atoms with van der Waals surface area (Å²) >= 11 is 0. The summed E-state index contributed by atoms with van der Waals surface area (Å²) in [4.78, 5) is -0.700. The van der Waals surface area contributed by atoms with Gasteiger partial charge in [0.1, 0.15) is 16.5 Å². The highest BCUT2D eigenvalue weighted by molar-refractivity contribution is 7.89. The number of aliphatic hydroxyl groups is 1. The van der Waals surface area contributed by atoms with Crippen molar-refractivity contribution in [3.63, 3.8) is 0 Å². The number of sulfonamides is 1. The van der Waals surface area contributed by atoms with Crippen LogP contribution in [0.4, 0.5) is 14.5 Å². The van der Waals surface area contributed by atoms with E-state index in [1.165, 1.54) is 0 Å². The maximum absolute atomic E-state index is 13.6. The molecular formula is C11H16F2N2O3S. The number of nitrogens with two attached hydrogens (primary N) is 1. The van der Waals surface area contributed by atoms with Gasteiger partial charge in [-0.2, -0.15) is 4.31 Å². The Labute approximate surface area is 110 Å². The number of halogens is 2. The molecule has 0 spiro atoms. The van der Waals surface area contributed by atoms with Gasteiger partial charge >= 0.3 is 0 Å². The normalized spacial score (nSPS) is 12.4. The Morgan fingerprint density at radius 1 is 1.32 bits per heavy atom. The monoisotopic (exact) mass is 294 g/mol. The summed E-state index contributed by atoms with van der Waals surface area (Å²) in [7, 11) is -4.18. The fraction of sp³-hybridized carbons (Fsp3) is 0.455. The van der Waals surface area contributed by atoms with E-state index in [2.05, 4.69) is 0 Å². The zero-order valence-corrected chi connectivity index (χ0v) is 11.4. The van der Waals surface area contributed by atoms with Gasteiger partial charge in [0.25, 0.3) is 0 Å². The van der Waals surface area contributed by atoms with Gasteiger partial charge in [-0.15, -0.1) is 0 Å². The highest BCUT2D eigenvalue weighted by Crippen LogP contribution is 2.25. The predicted molar refractivity (Wildman–Crippen MR) is 66.9 cm³/mol. The second-order valence-electron chi connectivity index (χ2n) is 4.24. The molecule has 0 atom stereocenters. The summed E-state index contributed by atoms with van der Waals surface area (Å²) in [6.07, 6.45) is 0. The average Bonchev–Trinajstić information content (AvgIpc) is 2.29. The molecule has 0 saturated carbocycles. The molecular weight excluding hydrogens is 278 g/mol. The molecule has 19 heavy (non-hydrogen) atoms. The van der Waals surface area contributed by atoms with E-state index >= 15 is 0 Å². The molecule has 1 aromatic rings. The molecule has 0 aromatic heterocycles. The van der Waals surface area contributed by atoms with Crippen molar-refractivity contribution in [2.75, 3.05) is 18.9 Å². The molecule has 0 unspecified atom stereocenters. The van der Waals surface area contributed by atoms with Gasteiger partial charge in [-0.3, -0.25) is 0 Å². The molecule has 0 radical (unpaired) electrons. The highest BCUT2D eigenvalue weighted by atomic mass is 32.2. The third kappa shape index (κ3) is 3.20. The van der Waals surface area contributed by atoms with Crippen LogP contribution in [0, 0.1) is 11.6 Å². The maximum Gasteiger partial charge on any atom is 0.246 e. The quantitative estimate of drug-likeness (QED) is 0.792. The van der Waals surface area contributed by atoms with Crippen molar-refractivity contribution >= 4 is 15.7 Å². The molecule has 1 rings (SSSR count). The number of nitrogen functional groups attached to an aromatic ring is 1. The number of anilines is 1. The van der Waals surface area contributed by atoms with E-state index < -0.39 is 44.9 Å². The molecule has 0 bridgehead atoms. The highest BCUT2D eigenvalue weighted by Gasteiger charge is 2.30. The summed E-state index contributed by atoms with van der Waals surface area (Å²) in [5.74, 6) is -2.23. The molecule has 0 amide bonds. The van der Waals surface area contributed by atoms with E-state index in [1.54, 1.807) is 13.8 Å². The van der Waals surface area contributed by atoms with Crippen LogP contribution in [0.3, 0.4) is 0 Å². The lowest BCUT2D eigenvalue weighted by Crippen LogP contribution is -2.39. The fourth-order valence-corrected chi connectivity index (χ4v) is 3.33. The largest absolute Gasteiger partial charge is 0.396 e. The van der Waals surface area contributed by atoms with Crippen molar-refractivity contribution in [1.29, 1.82) is 0 Å². The van der Waals surface area contributed by atoms with Crippen LogP contribution in [0.2, 0.25) is 0 Å². The molecule has 5 nitrogen and oxygen atoms in total. The first-order valence-electron chi connectivity index (χ1n) is 5.59. The summed E-state index contributed by atoms with van der Waals surface area (Å²) in [6, 6.07) is 0.690. The number of nitrogens with zero attached hydrogens (tertiary/aromatic N) is 1. The Morgan fingerprint density at radius 2 is 1.89 bits per heavy atom. The van der Waals surface area contributed by atoms with E-state index in [-0.39, 0.29) is 6.54 Å². The van der Waals surface area contributed by atoms with Crippen LogP contribution in [-0.2, 0) is 10.0 Å². The smallest absolute Gasteiger partial charge is 0.246 e. The minimum atomic E-state index is -4.18. The summed E-state index contributed by atoms with van der Waals surface area (Å²) in [6.45, 7) is 2.57. The van der Waals surface area contributed by atoms with E-state index in [1.807, 2.05) is 0 Å². The standard InChI is InChI=1S/C11H16F2N2O3S/c1-7(2)15(3-4-16)19(17,18)11-6-10(14)8(12)5-9(11)13/h5-7,16H,3-4,14H2,1-2H3. The molecule has 0 aliphatic heterocycles. The molecule has 0 fully saturated rings. The molecule has 0 aliphatic carbocycles. The van der Waals surface area contributed by atoms with Crippen molar-refractivity contribution in [1.82, 2.24) is 4.31 Å². The third-order valence-electron chi connectivity index (χ3n) is 2.53. The van der Waals surface area contributed by atoms with Crippen LogP contribution in [0.5, 0.6) is 0 Å². The van der Waals surface area contributed by atoms with Crippen molar-refractivity contribution in [3.8, 4) is 0 Å². The number of hydrogen-bond acceptors (Lipinski definition) is 4. The first-order chi connectivity index (χ1) is 8.71. The van der Waals surface area contributed by atoms with Gasteiger partial charge in [-0.05, 0) is 19.9 Å². The van der Waals surface area contributed by atoms with Crippen LogP contribution >= 0.6 is 0 Å².